The standard InChI is InChI=1S/C16H15ClN4O2/c1-16(2,3)10-7-21(14-12(10)13(17)19-8-20-14)11-6-18-5-4-9(11)15(22)23/h4-8H,1-3H3,(H,22,23). The van der Waals surface area contributed by atoms with Gasteiger partial charge in [-0.3, -0.25) is 9.55 Å². The molecular formula is C16H15ClN4O2. The van der Waals surface area contributed by atoms with Crippen molar-refractivity contribution in [2.24, 2.45) is 0 Å². The predicted octanol–water partition coefficient (Wildman–Crippen LogP) is 3.46. The summed E-state index contributed by atoms with van der Waals surface area (Å²) in [6, 6.07) is 1.46. The molecule has 0 aromatic carbocycles. The van der Waals surface area contributed by atoms with Crippen LogP contribution in [0.15, 0.2) is 31.0 Å². The molecule has 23 heavy (non-hydrogen) atoms. The molecule has 3 heterocycles. The highest BCUT2D eigenvalue weighted by Crippen LogP contribution is 2.35. The zero-order chi connectivity index (χ0) is 16.8. The second kappa shape index (κ2) is 5.31. The van der Waals surface area contributed by atoms with Gasteiger partial charge in [-0.15, -0.1) is 0 Å². The van der Waals surface area contributed by atoms with Crippen molar-refractivity contribution < 1.29 is 9.90 Å². The summed E-state index contributed by atoms with van der Waals surface area (Å²) < 4.78 is 1.71. The fraction of sp³-hybridized carbons (Fsp3) is 0.250. The van der Waals surface area contributed by atoms with Crippen molar-refractivity contribution in [1.29, 1.82) is 0 Å². The highest BCUT2D eigenvalue weighted by atomic mass is 35.5. The molecule has 0 amide bonds. The topological polar surface area (TPSA) is 80.9 Å². The number of rotatable bonds is 2. The lowest BCUT2D eigenvalue weighted by atomic mass is 9.87. The molecule has 0 spiro atoms. The maximum Gasteiger partial charge on any atom is 0.337 e. The smallest absolute Gasteiger partial charge is 0.337 e. The molecule has 6 nitrogen and oxygen atoms in total. The molecule has 0 fully saturated rings. The van der Waals surface area contributed by atoms with Gasteiger partial charge in [0.05, 0.1) is 22.8 Å². The summed E-state index contributed by atoms with van der Waals surface area (Å²) in [6.07, 6.45) is 6.18. The Morgan fingerprint density at radius 1 is 1.30 bits per heavy atom. The van der Waals surface area contributed by atoms with Crippen molar-refractivity contribution >= 4 is 28.6 Å². The molecule has 3 aromatic rings. The van der Waals surface area contributed by atoms with Crippen LogP contribution in [-0.4, -0.2) is 30.6 Å². The van der Waals surface area contributed by atoms with Gasteiger partial charge in [-0.2, -0.15) is 0 Å². The van der Waals surface area contributed by atoms with Gasteiger partial charge in [0.2, 0.25) is 0 Å². The first-order valence-corrected chi connectivity index (χ1v) is 7.38. The number of fused-ring (bicyclic) bond motifs is 1. The summed E-state index contributed by atoms with van der Waals surface area (Å²) in [7, 11) is 0. The summed E-state index contributed by atoms with van der Waals surface area (Å²) in [4.78, 5) is 23.9. The van der Waals surface area contributed by atoms with Crippen LogP contribution in [0.1, 0.15) is 36.7 Å². The monoisotopic (exact) mass is 330 g/mol. The normalized spacial score (nSPS) is 11.8. The molecule has 0 saturated heterocycles. The number of carboxylic acid groups (broad SMARTS) is 1. The van der Waals surface area contributed by atoms with E-state index in [4.69, 9.17) is 11.6 Å². The summed E-state index contributed by atoms with van der Waals surface area (Å²) in [5.41, 5.74) is 1.88. The van der Waals surface area contributed by atoms with Crippen LogP contribution in [0.5, 0.6) is 0 Å². The van der Waals surface area contributed by atoms with E-state index in [0.29, 0.717) is 16.5 Å². The van der Waals surface area contributed by atoms with E-state index in [1.807, 2.05) is 6.20 Å². The van der Waals surface area contributed by atoms with E-state index in [9.17, 15) is 9.90 Å². The zero-order valence-corrected chi connectivity index (χ0v) is 13.7. The van der Waals surface area contributed by atoms with Crippen molar-refractivity contribution in [3.63, 3.8) is 0 Å². The number of aromatic carboxylic acids is 1. The maximum atomic E-state index is 11.5. The van der Waals surface area contributed by atoms with E-state index in [2.05, 4.69) is 35.7 Å². The Labute approximate surface area is 137 Å². The second-order valence-electron chi connectivity index (χ2n) is 6.22. The largest absolute Gasteiger partial charge is 0.478 e. The SMILES string of the molecule is CC(C)(C)c1cn(-c2cnccc2C(=O)O)c2ncnc(Cl)c12. The van der Waals surface area contributed by atoms with E-state index in [1.54, 1.807) is 4.57 Å². The third kappa shape index (κ3) is 2.55. The Balaban J connectivity index is 2.41. The molecule has 0 unspecified atom stereocenters. The number of aromatic nitrogens is 4. The van der Waals surface area contributed by atoms with Crippen molar-refractivity contribution in [3.8, 4) is 5.69 Å². The Kier molecular flexibility index (Phi) is 3.56. The van der Waals surface area contributed by atoms with Gasteiger partial charge < -0.3 is 5.11 Å². The number of halogens is 1. The van der Waals surface area contributed by atoms with E-state index >= 15 is 0 Å². The number of carboxylic acids is 1. The molecule has 0 aliphatic rings. The van der Waals surface area contributed by atoms with Crippen LogP contribution >= 0.6 is 11.6 Å². The first-order chi connectivity index (χ1) is 10.8. The van der Waals surface area contributed by atoms with Gasteiger partial charge in [0.15, 0.2) is 0 Å². The first kappa shape index (κ1) is 15.4. The molecular weight excluding hydrogens is 316 g/mol. The zero-order valence-electron chi connectivity index (χ0n) is 12.9. The van der Waals surface area contributed by atoms with Gasteiger partial charge in [-0.05, 0) is 17.0 Å². The molecule has 0 atom stereocenters. The molecule has 3 rings (SSSR count). The van der Waals surface area contributed by atoms with Crippen molar-refractivity contribution in [2.45, 2.75) is 26.2 Å². The van der Waals surface area contributed by atoms with E-state index in [1.165, 1.54) is 24.8 Å². The van der Waals surface area contributed by atoms with E-state index in [-0.39, 0.29) is 11.0 Å². The van der Waals surface area contributed by atoms with Crippen LogP contribution in [-0.2, 0) is 5.41 Å². The minimum Gasteiger partial charge on any atom is -0.478 e. The second-order valence-corrected chi connectivity index (χ2v) is 6.58. The highest BCUT2D eigenvalue weighted by molar-refractivity contribution is 6.34. The molecule has 0 saturated carbocycles. The lowest BCUT2D eigenvalue weighted by Crippen LogP contribution is -2.10. The molecule has 1 N–H and O–H groups in total. The van der Waals surface area contributed by atoms with Crippen LogP contribution in [0.2, 0.25) is 5.15 Å². The lowest BCUT2D eigenvalue weighted by Gasteiger charge is -2.17. The number of hydrogen-bond acceptors (Lipinski definition) is 4. The summed E-state index contributed by atoms with van der Waals surface area (Å²) in [5.74, 6) is -1.03. The minimum atomic E-state index is -1.03. The number of hydrogen-bond donors (Lipinski definition) is 1. The molecule has 118 valence electrons. The lowest BCUT2D eigenvalue weighted by molar-refractivity contribution is 0.0697. The number of carbonyl (C=O) groups is 1. The quantitative estimate of drug-likeness (QED) is 0.728. The molecule has 3 aromatic heterocycles. The molecule has 0 aliphatic heterocycles. The van der Waals surface area contributed by atoms with Crippen LogP contribution in [0, 0.1) is 0 Å². The summed E-state index contributed by atoms with van der Waals surface area (Å²) >= 11 is 6.27. The third-order valence-corrected chi connectivity index (χ3v) is 3.92. The Morgan fingerprint density at radius 2 is 2.04 bits per heavy atom. The Bertz CT molecular complexity index is 912. The molecule has 7 heteroatoms. The molecule has 0 bridgehead atoms. The van der Waals surface area contributed by atoms with Gasteiger partial charge in [-0.1, -0.05) is 32.4 Å². The van der Waals surface area contributed by atoms with Crippen molar-refractivity contribution in [1.82, 2.24) is 19.5 Å². The maximum absolute atomic E-state index is 11.5. The van der Waals surface area contributed by atoms with Crippen LogP contribution < -0.4 is 0 Å². The third-order valence-electron chi connectivity index (χ3n) is 3.63. The predicted molar refractivity (Wildman–Crippen MR) is 87.3 cm³/mol. The summed E-state index contributed by atoms with van der Waals surface area (Å²) in [5, 5.41) is 10.5. The van der Waals surface area contributed by atoms with Gasteiger partial charge >= 0.3 is 5.97 Å². The average molecular weight is 331 g/mol. The fourth-order valence-electron chi connectivity index (χ4n) is 2.54. The van der Waals surface area contributed by atoms with Crippen LogP contribution in [0.25, 0.3) is 16.7 Å². The van der Waals surface area contributed by atoms with Gasteiger partial charge in [-0.25, -0.2) is 14.8 Å². The average Bonchev–Trinajstić information content (AvgIpc) is 2.88. The van der Waals surface area contributed by atoms with Crippen molar-refractivity contribution in [2.75, 3.05) is 0 Å². The highest BCUT2D eigenvalue weighted by Gasteiger charge is 2.25. The van der Waals surface area contributed by atoms with Crippen LogP contribution in [0.4, 0.5) is 0 Å². The summed E-state index contributed by atoms with van der Waals surface area (Å²) in [6.45, 7) is 6.16. The number of pyridine rings is 1. The fourth-order valence-corrected chi connectivity index (χ4v) is 2.77. The number of nitrogens with zero attached hydrogens (tertiary/aromatic N) is 4. The first-order valence-electron chi connectivity index (χ1n) is 7.00. The van der Waals surface area contributed by atoms with E-state index < -0.39 is 5.97 Å². The Morgan fingerprint density at radius 3 is 2.70 bits per heavy atom. The Hall–Kier alpha value is -2.47. The van der Waals surface area contributed by atoms with Gasteiger partial charge in [0.25, 0.3) is 0 Å². The molecule has 0 aliphatic carbocycles. The molecule has 0 radical (unpaired) electrons. The minimum absolute atomic E-state index is 0.145. The van der Waals surface area contributed by atoms with Crippen LogP contribution in [0.3, 0.4) is 0 Å². The van der Waals surface area contributed by atoms with E-state index in [0.717, 1.165) is 10.9 Å². The van der Waals surface area contributed by atoms with Crippen molar-refractivity contribution in [3.05, 3.63) is 47.3 Å². The van der Waals surface area contributed by atoms with Gasteiger partial charge in [0.1, 0.15) is 17.1 Å². The van der Waals surface area contributed by atoms with Gasteiger partial charge in [0, 0.05) is 12.4 Å².